The van der Waals surface area contributed by atoms with Crippen molar-refractivity contribution >= 4 is 7.82 Å². The normalized spacial score (nSPS) is 11.3. The van der Waals surface area contributed by atoms with Crippen LogP contribution in [0.4, 0.5) is 0 Å². The first-order valence-corrected chi connectivity index (χ1v) is 4.83. The van der Waals surface area contributed by atoms with Gasteiger partial charge in [0, 0.05) is 12.1 Å². The highest BCUT2D eigenvalue weighted by Gasteiger charge is 2.22. The Hall–Kier alpha value is -1.43. The molecule has 0 unspecified atom stereocenters. The van der Waals surface area contributed by atoms with E-state index in [4.69, 9.17) is 25.1 Å². The molecule has 0 aliphatic heterocycles. The molecule has 1 aromatic rings. The Morgan fingerprint density at radius 3 is 1.86 bits per heavy atom. The van der Waals surface area contributed by atoms with E-state index in [-0.39, 0.29) is 0 Å². The number of aromatic hydroxyl groups is 3. The van der Waals surface area contributed by atoms with Gasteiger partial charge in [0.1, 0.15) is 5.75 Å². The molecule has 5 N–H and O–H groups in total. The lowest BCUT2D eigenvalue weighted by Crippen LogP contribution is -1.91. The Balaban J connectivity index is 3.15. The maximum absolute atomic E-state index is 10.4. The van der Waals surface area contributed by atoms with Gasteiger partial charge in [0.05, 0.1) is 0 Å². The van der Waals surface area contributed by atoms with Gasteiger partial charge in [-0.25, -0.2) is 4.57 Å². The van der Waals surface area contributed by atoms with E-state index in [0.717, 1.165) is 12.1 Å². The Morgan fingerprint density at radius 1 is 1.07 bits per heavy atom. The molecule has 0 spiro atoms. The zero-order valence-corrected chi connectivity index (χ0v) is 7.55. The fraction of sp³-hybridized carbons (Fsp3) is 0. The maximum atomic E-state index is 10.4. The van der Waals surface area contributed by atoms with Crippen molar-refractivity contribution in [2.45, 2.75) is 0 Å². The van der Waals surface area contributed by atoms with E-state index < -0.39 is 30.8 Å². The van der Waals surface area contributed by atoms with Crippen LogP contribution in [0, 0.1) is 0 Å². The predicted molar refractivity (Wildman–Crippen MR) is 44.1 cm³/mol. The third kappa shape index (κ3) is 2.53. The van der Waals surface area contributed by atoms with Crippen molar-refractivity contribution in [3.63, 3.8) is 0 Å². The second-order valence-electron chi connectivity index (χ2n) is 2.40. The number of benzene rings is 1. The van der Waals surface area contributed by atoms with E-state index in [1.165, 1.54) is 0 Å². The van der Waals surface area contributed by atoms with Crippen molar-refractivity contribution in [3.05, 3.63) is 12.1 Å². The van der Waals surface area contributed by atoms with Crippen molar-refractivity contribution in [3.8, 4) is 23.0 Å². The van der Waals surface area contributed by atoms with Crippen LogP contribution in [-0.2, 0) is 4.57 Å². The van der Waals surface area contributed by atoms with Crippen molar-refractivity contribution in [2.24, 2.45) is 0 Å². The average Bonchev–Trinajstić information content (AvgIpc) is 1.95. The Morgan fingerprint density at radius 2 is 1.50 bits per heavy atom. The van der Waals surface area contributed by atoms with Gasteiger partial charge in [0.25, 0.3) is 0 Å². The van der Waals surface area contributed by atoms with Gasteiger partial charge < -0.3 is 19.8 Å². The topological polar surface area (TPSA) is 127 Å². The second-order valence-corrected chi connectivity index (χ2v) is 3.56. The van der Waals surface area contributed by atoms with E-state index >= 15 is 0 Å². The van der Waals surface area contributed by atoms with Crippen LogP contribution >= 0.6 is 7.82 Å². The largest absolute Gasteiger partial charge is 0.525 e. The molecule has 0 radical (unpaired) electrons. The van der Waals surface area contributed by atoms with Gasteiger partial charge in [0.2, 0.25) is 5.75 Å². The molecule has 0 aliphatic carbocycles. The van der Waals surface area contributed by atoms with Crippen molar-refractivity contribution < 1.29 is 34.2 Å². The lowest BCUT2D eigenvalue weighted by molar-refractivity contribution is 0.271. The molecular formula is C6H7O7P. The summed E-state index contributed by atoms with van der Waals surface area (Å²) in [5, 5.41) is 26.9. The van der Waals surface area contributed by atoms with Gasteiger partial charge >= 0.3 is 7.82 Å². The summed E-state index contributed by atoms with van der Waals surface area (Å²) in [6.45, 7) is 0. The molecule has 0 saturated carbocycles. The monoisotopic (exact) mass is 222 g/mol. The van der Waals surface area contributed by atoms with Crippen LogP contribution in [0.3, 0.4) is 0 Å². The van der Waals surface area contributed by atoms with Crippen LogP contribution in [0.5, 0.6) is 23.0 Å². The Labute approximate surface area is 78.1 Å². The first kappa shape index (κ1) is 10.6. The molecule has 0 aliphatic rings. The molecule has 0 amide bonds. The van der Waals surface area contributed by atoms with Crippen LogP contribution in [0.2, 0.25) is 0 Å². The van der Waals surface area contributed by atoms with Gasteiger partial charge in [0.15, 0.2) is 11.5 Å². The van der Waals surface area contributed by atoms with E-state index in [9.17, 15) is 4.57 Å². The lowest BCUT2D eigenvalue weighted by Gasteiger charge is -2.10. The Kier molecular flexibility index (Phi) is 2.57. The summed E-state index contributed by atoms with van der Waals surface area (Å²) in [6, 6.07) is 1.54. The number of hydrogen-bond donors (Lipinski definition) is 5. The number of hydrogen-bond acceptors (Lipinski definition) is 5. The van der Waals surface area contributed by atoms with Gasteiger partial charge in [-0.05, 0) is 0 Å². The second kappa shape index (κ2) is 3.38. The van der Waals surface area contributed by atoms with Crippen molar-refractivity contribution in [1.82, 2.24) is 0 Å². The zero-order valence-electron chi connectivity index (χ0n) is 6.65. The predicted octanol–water partition coefficient (Wildman–Crippen LogP) is 0.275. The minimum atomic E-state index is -4.86. The third-order valence-corrected chi connectivity index (χ3v) is 1.67. The van der Waals surface area contributed by atoms with Crippen LogP contribution in [0.25, 0.3) is 0 Å². The summed E-state index contributed by atoms with van der Waals surface area (Å²) < 4.78 is 14.4. The quantitative estimate of drug-likeness (QED) is 0.454. The summed E-state index contributed by atoms with van der Waals surface area (Å²) in [6.07, 6.45) is 0. The molecule has 0 aromatic heterocycles. The molecule has 78 valence electrons. The molecular weight excluding hydrogens is 215 g/mol. The summed E-state index contributed by atoms with van der Waals surface area (Å²) in [4.78, 5) is 16.8. The van der Waals surface area contributed by atoms with E-state index in [1.807, 2.05) is 0 Å². The molecule has 0 heterocycles. The van der Waals surface area contributed by atoms with Gasteiger partial charge in [-0.15, -0.1) is 0 Å². The van der Waals surface area contributed by atoms with Crippen LogP contribution in [-0.4, -0.2) is 25.1 Å². The SMILES string of the molecule is O=P(O)(O)Oc1c(O)cc(O)cc1O. The minimum absolute atomic E-state index is 0.460. The molecule has 1 aromatic carbocycles. The standard InChI is InChI=1S/C6H7O7P/c7-3-1-4(8)6(5(9)2-3)13-14(10,11)12/h1-2,7-9H,(H2,10,11,12). The number of phenolic OH excluding ortho intramolecular Hbond substituents is 3. The van der Waals surface area contributed by atoms with Gasteiger partial charge in [-0.3, -0.25) is 9.79 Å². The van der Waals surface area contributed by atoms with Crippen molar-refractivity contribution in [1.29, 1.82) is 0 Å². The number of phosphoric ester groups is 1. The minimum Gasteiger partial charge on any atom is -0.508 e. The number of rotatable bonds is 2. The highest BCUT2D eigenvalue weighted by atomic mass is 31.2. The highest BCUT2D eigenvalue weighted by Crippen LogP contribution is 2.47. The third-order valence-electron chi connectivity index (χ3n) is 1.24. The molecule has 0 fully saturated rings. The van der Waals surface area contributed by atoms with Crippen LogP contribution < -0.4 is 4.52 Å². The summed E-state index contributed by atoms with van der Waals surface area (Å²) in [7, 11) is -4.86. The summed E-state index contributed by atoms with van der Waals surface area (Å²) >= 11 is 0. The maximum Gasteiger partial charge on any atom is 0.525 e. The first-order chi connectivity index (χ1) is 6.29. The first-order valence-electron chi connectivity index (χ1n) is 3.29. The molecule has 0 atom stereocenters. The average molecular weight is 222 g/mol. The molecule has 0 saturated heterocycles. The van der Waals surface area contributed by atoms with E-state index in [2.05, 4.69) is 4.52 Å². The fourth-order valence-electron chi connectivity index (χ4n) is 0.797. The number of phosphoric acid groups is 1. The van der Waals surface area contributed by atoms with Crippen molar-refractivity contribution in [2.75, 3.05) is 0 Å². The molecule has 0 bridgehead atoms. The lowest BCUT2D eigenvalue weighted by atomic mass is 10.3. The zero-order chi connectivity index (χ0) is 10.9. The molecule has 1 rings (SSSR count). The van der Waals surface area contributed by atoms with Gasteiger partial charge in [-0.2, -0.15) is 0 Å². The van der Waals surface area contributed by atoms with E-state index in [0.29, 0.717) is 0 Å². The fourth-order valence-corrected chi connectivity index (χ4v) is 1.22. The van der Waals surface area contributed by atoms with E-state index in [1.54, 1.807) is 0 Å². The van der Waals surface area contributed by atoms with Crippen LogP contribution in [0.1, 0.15) is 0 Å². The number of phenols is 3. The molecule has 14 heavy (non-hydrogen) atoms. The molecule has 7 nitrogen and oxygen atoms in total. The van der Waals surface area contributed by atoms with Gasteiger partial charge in [-0.1, -0.05) is 0 Å². The Bertz CT molecular complexity index is 372. The highest BCUT2D eigenvalue weighted by molar-refractivity contribution is 7.46. The summed E-state index contributed by atoms with van der Waals surface area (Å²) in [5.74, 6) is -2.79. The van der Waals surface area contributed by atoms with Crippen LogP contribution in [0.15, 0.2) is 12.1 Å². The smallest absolute Gasteiger partial charge is 0.508 e. The summed E-state index contributed by atoms with van der Waals surface area (Å²) in [5.41, 5.74) is 0. The molecule has 8 heteroatoms.